The fourth-order valence-electron chi connectivity index (χ4n) is 5.13. The Balaban J connectivity index is 2.12. The SMILES string of the molecule is COCO[C@@H]1C(=O)C[C@@H]2c3c(C)cc(OC)cc3CC[C@]2(C(=O)OC)[C@H]1C. The summed E-state index contributed by atoms with van der Waals surface area (Å²) in [5, 5.41) is 0. The fourth-order valence-corrected chi connectivity index (χ4v) is 5.13. The highest BCUT2D eigenvalue weighted by Gasteiger charge is 2.60. The topological polar surface area (TPSA) is 71.1 Å². The van der Waals surface area contributed by atoms with Crippen LogP contribution in [0.4, 0.5) is 0 Å². The summed E-state index contributed by atoms with van der Waals surface area (Å²) in [6.45, 7) is 3.96. The van der Waals surface area contributed by atoms with E-state index in [0.29, 0.717) is 6.42 Å². The van der Waals surface area contributed by atoms with Gasteiger partial charge in [-0.05, 0) is 48.6 Å². The van der Waals surface area contributed by atoms with Crippen LogP contribution < -0.4 is 4.74 Å². The summed E-state index contributed by atoms with van der Waals surface area (Å²) in [6, 6.07) is 3.99. The fraction of sp³-hybridized carbons (Fsp3) is 0.619. The van der Waals surface area contributed by atoms with E-state index in [1.54, 1.807) is 7.11 Å². The maximum atomic E-state index is 13.1. The molecule has 1 fully saturated rings. The normalized spacial score (nSPS) is 29.7. The van der Waals surface area contributed by atoms with Crippen molar-refractivity contribution in [3.05, 3.63) is 28.8 Å². The van der Waals surface area contributed by atoms with Gasteiger partial charge in [0, 0.05) is 25.4 Å². The number of ether oxygens (including phenoxy) is 4. The Bertz CT molecular complexity index is 742. The van der Waals surface area contributed by atoms with E-state index in [0.717, 1.165) is 28.9 Å². The predicted octanol–water partition coefficient (Wildman–Crippen LogP) is 2.79. The molecule has 0 amide bonds. The van der Waals surface area contributed by atoms with E-state index in [2.05, 4.69) is 0 Å². The molecule has 1 saturated carbocycles. The van der Waals surface area contributed by atoms with Crippen molar-refractivity contribution in [1.82, 2.24) is 0 Å². The number of benzene rings is 1. The van der Waals surface area contributed by atoms with Crippen LogP contribution >= 0.6 is 0 Å². The zero-order valence-corrected chi connectivity index (χ0v) is 16.7. The molecule has 4 atom stereocenters. The Hall–Kier alpha value is -1.92. The van der Waals surface area contributed by atoms with Crippen molar-refractivity contribution in [3.8, 4) is 5.75 Å². The summed E-state index contributed by atoms with van der Waals surface area (Å²) in [6.07, 6.45) is 0.939. The molecule has 0 aliphatic heterocycles. The molecule has 0 unspecified atom stereocenters. The average molecular weight is 376 g/mol. The van der Waals surface area contributed by atoms with Crippen molar-refractivity contribution in [3.63, 3.8) is 0 Å². The lowest BCUT2D eigenvalue weighted by atomic mass is 9.52. The first-order valence-corrected chi connectivity index (χ1v) is 9.29. The molecule has 0 bridgehead atoms. The van der Waals surface area contributed by atoms with Crippen LogP contribution in [0.2, 0.25) is 0 Å². The summed E-state index contributed by atoms with van der Waals surface area (Å²) >= 11 is 0. The van der Waals surface area contributed by atoms with E-state index in [9.17, 15) is 9.59 Å². The minimum absolute atomic E-state index is 0.00662. The van der Waals surface area contributed by atoms with Crippen LogP contribution in [0.1, 0.15) is 42.4 Å². The molecule has 0 saturated heterocycles. The number of carbonyl (C=O) groups excluding carboxylic acids is 2. The van der Waals surface area contributed by atoms with Gasteiger partial charge in [0.1, 0.15) is 18.6 Å². The van der Waals surface area contributed by atoms with E-state index >= 15 is 0 Å². The second-order valence-corrected chi connectivity index (χ2v) is 7.55. The molecule has 1 aromatic carbocycles. The first-order valence-electron chi connectivity index (χ1n) is 9.29. The third kappa shape index (κ3) is 3.05. The summed E-state index contributed by atoms with van der Waals surface area (Å²) in [5.74, 6) is 0.0188. The number of aryl methyl sites for hydroxylation is 2. The predicted molar refractivity (Wildman–Crippen MR) is 98.8 cm³/mol. The minimum atomic E-state index is -0.784. The number of ketones is 1. The van der Waals surface area contributed by atoms with Crippen molar-refractivity contribution in [1.29, 1.82) is 0 Å². The van der Waals surface area contributed by atoms with E-state index in [1.165, 1.54) is 14.2 Å². The van der Waals surface area contributed by atoms with Crippen LogP contribution in [0.25, 0.3) is 0 Å². The molecule has 1 aromatic rings. The number of methoxy groups -OCH3 is 3. The lowest BCUT2D eigenvalue weighted by Gasteiger charge is -2.51. The summed E-state index contributed by atoms with van der Waals surface area (Å²) in [5.41, 5.74) is 2.48. The minimum Gasteiger partial charge on any atom is -0.497 e. The summed E-state index contributed by atoms with van der Waals surface area (Å²) in [7, 11) is 4.58. The third-order valence-electron chi connectivity index (χ3n) is 6.38. The van der Waals surface area contributed by atoms with Crippen LogP contribution in [-0.2, 0) is 30.2 Å². The molecule has 0 spiro atoms. The van der Waals surface area contributed by atoms with Crippen LogP contribution in [-0.4, -0.2) is 46.0 Å². The highest BCUT2D eigenvalue weighted by Crippen LogP contribution is 2.58. The molecule has 6 nitrogen and oxygen atoms in total. The van der Waals surface area contributed by atoms with Gasteiger partial charge in [0.25, 0.3) is 0 Å². The third-order valence-corrected chi connectivity index (χ3v) is 6.38. The number of esters is 1. The van der Waals surface area contributed by atoms with Gasteiger partial charge < -0.3 is 18.9 Å². The average Bonchev–Trinajstić information content (AvgIpc) is 2.66. The monoisotopic (exact) mass is 376 g/mol. The molecule has 2 aliphatic rings. The Morgan fingerprint density at radius 3 is 2.63 bits per heavy atom. The smallest absolute Gasteiger partial charge is 0.312 e. The molecule has 2 aliphatic carbocycles. The van der Waals surface area contributed by atoms with Gasteiger partial charge in [0.15, 0.2) is 5.78 Å². The van der Waals surface area contributed by atoms with Gasteiger partial charge in [0.2, 0.25) is 0 Å². The van der Waals surface area contributed by atoms with Gasteiger partial charge in [0.05, 0.1) is 19.6 Å². The molecule has 148 valence electrons. The maximum absolute atomic E-state index is 13.1. The van der Waals surface area contributed by atoms with E-state index in [4.69, 9.17) is 18.9 Å². The first-order chi connectivity index (χ1) is 12.9. The second-order valence-electron chi connectivity index (χ2n) is 7.55. The van der Waals surface area contributed by atoms with Crippen LogP contribution in [0.3, 0.4) is 0 Å². The zero-order valence-electron chi connectivity index (χ0n) is 16.7. The highest BCUT2D eigenvalue weighted by molar-refractivity contribution is 5.91. The summed E-state index contributed by atoms with van der Waals surface area (Å²) in [4.78, 5) is 26.0. The van der Waals surface area contributed by atoms with Crippen molar-refractivity contribution in [2.24, 2.45) is 11.3 Å². The molecule has 3 rings (SSSR count). The van der Waals surface area contributed by atoms with Crippen LogP contribution in [0.15, 0.2) is 12.1 Å². The van der Waals surface area contributed by atoms with Gasteiger partial charge in [-0.2, -0.15) is 0 Å². The van der Waals surface area contributed by atoms with Crippen LogP contribution in [0.5, 0.6) is 5.75 Å². The lowest BCUT2D eigenvalue weighted by Crippen LogP contribution is -2.57. The van der Waals surface area contributed by atoms with Gasteiger partial charge in [-0.1, -0.05) is 6.92 Å². The molecule has 0 heterocycles. The van der Waals surface area contributed by atoms with Gasteiger partial charge in [-0.15, -0.1) is 0 Å². The quantitative estimate of drug-likeness (QED) is 0.581. The first kappa shape index (κ1) is 19.8. The lowest BCUT2D eigenvalue weighted by molar-refractivity contribution is -0.181. The molecule has 0 aromatic heterocycles. The number of hydrogen-bond acceptors (Lipinski definition) is 6. The largest absolute Gasteiger partial charge is 0.497 e. The molecule has 27 heavy (non-hydrogen) atoms. The van der Waals surface area contributed by atoms with Gasteiger partial charge in [-0.3, -0.25) is 9.59 Å². The molecule has 0 N–H and O–H groups in total. The number of hydrogen-bond donors (Lipinski definition) is 0. The van der Waals surface area contributed by atoms with Crippen molar-refractivity contribution in [2.45, 2.75) is 45.1 Å². The molecular formula is C21H28O6. The number of rotatable bonds is 5. The standard InChI is InChI=1S/C21H28O6/c1-12-8-15(25-4)9-14-6-7-21(20(23)26-5)13(2)19(27-11-24-3)17(22)10-16(21)18(12)14/h8-9,13,16,19H,6-7,10-11H2,1-5H3/t13-,16+,19-,21-/m0/s1. The Morgan fingerprint density at radius 2 is 2.00 bits per heavy atom. The molecule has 6 heteroatoms. The van der Waals surface area contributed by atoms with Gasteiger partial charge in [-0.25, -0.2) is 0 Å². The van der Waals surface area contributed by atoms with E-state index in [-0.39, 0.29) is 36.8 Å². The maximum Gasteiger partial charge on any atom is 0.312 e. The Labute approximate surface area is 160 Å². The number of Topliss-reactive ketones (excluding diaryl/α,β-unsaturated/α-hetero) is 1. The zero-order chi connectivity index (χ0) is 19.8. The number of carbonyl (C=O) groups is 2. The Kier molecular flexibility index (Phi) is 5.58. The molecule has 0 radical (unpaired) electrons. The van der Waals surface area contributed by atoms with E-state index in [1.807, 2.05) is 26.0 Å². The molecular weight excluding hydrogens is 348 g/mol. The van der Waals surface area contributed by atoms with E-state index < -0.39 is 11.5 Å². The van der Waals surface area contributed by atoms with Crippen molar-refractivity contribution in [2.75, 3.05) is 28.1 Å². The highest BCUT2D eigenvalue weighted by atomic mass is 16.7. The Morgan fingerprint density at radius 1 is 1.26 bits per heavy atom. The number of fused-ring (bicyclic) bond motifs is 3. The summed E-state index contributed by atoms with van der Waals surface area (Å²) < 4.78 is 21.3. The van der Waals surface area contributed by atoms with Crippen molar-refractivity contribution >= 4 is 11.8 Å². The second kappa shape index (κ2) is 7.60. The van der Waals surface area contributed by atoms with Crippen molar-refractivity contribution < 1.29 is 28.5 Å². The van der Waals surface area contributed by atoms with Crippen LogP contribution in [0, 0.1) is 18.3 Å². The van der Waals surface area contributed by atoms with Gasteiger partial charge >= 0.3 is 5.97 Å².